The molecule has 3 rings (SSSR count). The van der Waals surface area contributed by atoms with Crippen LogP contribution in [0.15, 0.2) is 0 Å². The summed E-state index contributed by atoms with van der Waals surface area (Å²) < 4.78 is 13.5. The third kappa shape index (κ3) is 2.73. The van der Waals surface area contributed by atoms with Gasteiger partial charge in [-0.25, -0.2) is 0 Å². The van der Waals surface area contributed by atoms with Gasteiger partial charge in [0.25, 0.3) is 0 Å². The van der Waals surface area contributed by atoms with Crippen molar-refractivity contribution in [1.29, 1.82) is 0 Å². The Morgan fingerprint density at radius 2 is 0.848 bits per heavy atom. The zero-order valence-electron chi connectivity index (χ0n) is 15.3. The van der Waals surface area contributed by atoms with Gasteiger partial charge in [0, 0.05) is 0 Å². The van der Waals surface area contributed by atoms with E-state index in [0.717, 1.165) is 0 Å². The Bertz CT molecular complexity index is 817. The quantitative estimate of drug-likeness (QED) is 0.113. The lowest BCUT2D eigenvalue weighted by Gasteiger charge is -2.63. The summed E-state index contributed by atoms with van der Waals surface area (Å²) in [4.78, 5) is 191. The van der Waals surface area contributed by atoms with Crippen LogP contribution in [0.5, 0.6) is 0 Å². The highest BCUT2D eigenvalue weighted by atomic mass is 30.2. The Hall–Kier alpha value is 1.76. The maximum atomic E-state index is 11.0. The van der Waals surface area contributed by atoms with E-state index in [9.17, 15) is 86.3 Å². The molecule has 33 heteroatoms. The van der Waals surface area contributed by atoms with Crippen LogP contribution >= 0.6 is 0 Å². The van der Waals surface area contributed by atoms with Crippen molar-refractivity contribution in [3.8, 4) is 0 Å². The second-order valence-electron chi connectivity index (χ2n) is 7.52. The van der Waals surface area contributed by atoms with Crippen LogP contribution < -0.4 is 0 Å². The maximum absolute atomic E-state index is 11.0. The molecule has 4 bridgehead atoms. The van der Waals surface area contributed by atoms with E-state index in [2.05, 4.69) is 12.3 Å². The minimum atomic E-state index is -6.87. The van der Waals surface area contributed by atoms with E-state index < -0.39 is 93.6 Å². The van der Waals surface area contributed by atoms with Crippen LogP contribution in [0.2, 0.25) is 0 Å². The molecular formula is H18O21Si12. The molecule has 0 aliphatic carbocycles. The lowest BCUT2D eigenvalue weighted by atomic mass is 15.7. The van der Waals surface area contributed by atoms with E-state index in [4.69, 9.17) is 0 Å². The van der Waals surface area contributed by atoms with Crippen LogP contribution in [-0.4, -0.2) is 180 Å². The lowest BCUT2D eigenvalue weighted by molar-refractivity contribution is 0.215. The van der Waals surface area contributed by atoms with Crippen LogP contribution in [0, 0.1) is 0 Å². The Morgan fingerprint density at radius 3 is 1.24 bits per heavy atom. The predicted octanol–water partition coefficient (Wildman–Crippen LogP) is -14.8. The van der Waals surface area contributed by atoms with Crippen LogP contribution in [0.4, 0.5) is 0 Å². The first-order valence-corrected chi connectivity index (χ1v) is 40.5. The molecule has 3 heterocycles. The van der Waals surface area contributed by atoms with Crippen molar-refractivity contribution in [3.63, 3.8) is 0 Å². The minimum absolute atomic E-state index is 4.46. The largest absolute Gasteiger partial charge is 0.426 e. The van der Waals surface area contributed by atoms with Crippen molar-refractivity contribution >= 4 is 93.6 Å². The van der Waals surface area contributed by atoms with Gasteiger partial charge >= 0.3 is 93.6 Å². The molecule has 0 aromatic heterocycles. The minimum Gasteiger partial charge on any atom is -0.412 e. The molecular weight excluding hydrogens is 673 g/mol. The van der Waals surface area contributed by atoms with Gasteiger partial charge in [0.2, 0.25) is 0 Å². The first-order chi connectivity index (χ1) is 14.2. The molecule has 18 N–H and O–H groups in total. The molecule has 0 amide bonds. The molecule has 0 spiro atoms. The number of rotatable bonds is 1. The normalized spacial score (nSPS) is 49.9. The number of hydrogen-bond donors (Lipinski definition) is 18. The summed E-state index contributed by atoms with van der Waals surface area (Å²) >= 11 is 0. The van der Waals surface area contributed by atoms with Gasteiger partial charge < -0.3 is 98.7 Å². The first-order valence-electron chi connectivity index (χ1n) is 8.00. The summed E-state index contributed by atoms with van der Waals surface area (Å²) in [6.07, 6.45) is 0. The van der Waals surface area contributed by atoms with E-state index in [0.29, 0.717) is 0 Å². The van der Waals surface area contributed by atoms with Crippen LogP contribution in [0.25, 0.3) is 0 Å². The Kier molecular flexibility index (Phi) is 6.43. The zero-order valence-corrected chi connectivity index (χ0v) is 27.3. The van der Waals surface area contributed by atoms with Gasteiger partial charge in [-0.2, -0.15) is 0 Å². The van der Waals surface area contributed by atoms with Crippen LogP contribution in [0.3, 0.4) is 0 Å². The average Bonchev–Trinajstić information content (AvgIpc) is 2.63. The molecule has 33 heavy (non-hydrogen) atoms. The molecule has 3 fully saturated rings. The first kappa shape index (κ1) is 29.3. The lowest BCUT2D eigenvalue weighted by Crippen LogP contribution is -3.16. The van der Waals surface area contributed by atoms with Crippen molar-refractivity contribution in [2.75, 3.05) is 0 Å². The monoisotopic (exact) mass is 690 g/mol. The van der Waals surface area contributed by atoms with Gasteiger partial charge in [-0.05, 0) is 0 Å². The van der Waals surface area contributed by atoms with Crippen molar-refractivity contribution in [3.05, 3.63) is 0 Å². The van der Waals surface area contributed by atoms with Crippen molar-refractivity contribution < 1.29 is 98.7 Å². The summed E-state index contributed by atoms with van der Waals surface area (Å²) in [5.74, 6) is 0. The van der Waals surface area contributed by atoms with E-state index >= 15 is 0 Å². The van der Waals surface area contributed by atoms with Gasteiger partial charge in [-0.15, -0.1) is 0 Å². The molecule has 0 aromatic carbocycles. The second-order valence-corrected chi connectivity index (χ2v) is 83.3. The van der Waals surface area contributed by atoms with Crippen LogP contribution in [0.1, 0.15) is 0 Å². The highest BCUT2D eigenvalue weighted by molar-refractivity contribution is 8.07. The SMILES string of the molecule is O[Si]1O[Si]2(O)[Si](O)(O)[Si]3(O)O[Si](O)([Si](O)O)[Si](O)(O)[Si](O)(O[Si](O)([Si]2(O)O)[Si]3(O)O)[Si]1(O)O. The van der Waals surface area contributed by atoms with E-state index in [-0.39, 0.29) is 0 Å². The molecule has 0 saturated carbocycles. The highest BCUT2D eigenvalue weighted by Gasteiger charge is 3.09. The van der Waals surface area contributed by atoms with Gasteiger partial charge in [-0.3, -0.25) is 0 Å². The van der Waals surface area contributed by atoms with Gasteiger partial charge in [0.1, 0.15) is 0 Å². The summed E-state index contributed by atoms with van der Waals surface area (Å²) in [5, 5.41) is 0. The standard InChI is InChI=1S/H18O21Si12/c1-22(2)29(14)20-32(17)26(8,9)30(15)19-23(3)24(4,5)31(16,25(29,6)7)21-33(18,27(30,10)11)28(32,12)13/h1-18H. The summed E-state index contributed by atoms with van der Waals surface area (Å²) in [6.45, 7) is 0. The Labute approximate surface area is 191 Å². The van der Waals surface area contributed by atoms with Gasteiger partial charge in [0.15, 0.2) is 0 Å². The van der Waals surface area contributed by atoms with Gasteiger partial charge in [-0.1, -0.05) is 0 Å². The van der Waals surface area contributed by atoms with E-state index in [1.54, 1.807) is 0 Å². The highest BCUT2D eigenvalue weighted by Crippen LogP contribution is 2.50. The van der Waals surface area contributed by atoms with Crippen molar-refractivity contribution in [2.24, 2.45) is 0 Å². The molecule has 5 atom stereocenters. The smallest absolute Gasteiger partial charge is 0.412 e. The van der Waals surface area contributed by atoms with E-state index in [1.807, 2.05) is 0 Å². The number of fused-ring (bicyclic) bond motifs is 3. The van der Waals surface area contributed by atoms with Crippen molar-refractivity contribution in [1.82, 2.24) is 0 Å². The molecule has 0 aromatic rings. The molecule has 3 saturated heterocycles. The van der Waals surface area contributed by atoms with E-state index in [1.165, 1.54) is 0 Å². The molecule has 192 valence electrons. The van der Waals surface area contributed by atoms with Gasteiger partial charge in [0.05, 0.1) is 0 Å². The molecule has 3 aliphatic rings. The van der Waals surface area contributed by atoms with Crippen molar-refractivity contribution in [2.45, 2.75) is 0 Å². The molecule has 2 radical (unpaired) electrons. The summed E-state index contributed by atoms with van der Waals surface area (Å²) in [7, 11) is -77.3. The third-order valence-corrected chi connectivity index (χ3v) is 141. The number of hydrogen-bond acceptors (Lipinski definition) is 21. The fraction of sp³-hybridized carbons (Fsp3) is 0. The summed E-state index contributed by atoms with van der Waals surface area (Å²) in [5.41, 5.74) is 0. The average molecular weight is 691 g/mol. The summed E-state index contributed by atoms with van der Waals surface area (Å²) in [6, 6.07) is 0. The second kappa shape index (κ2) is 7.24. The van der Waals surface area contributed by atoms with Crippen LogP contribution in [-0.2, 0) is 12.3 Å². The predicted molar refractivity (Wildman–Crippen MR) is 112 cm³/mol. The third-order valence-electron chi connectivity index (χ3n) is 5.69. The molecule has 5 unspecified atom stereocenters. The molecule has 3 aliphatic heterocycles. The fourth-order valence-electron chi connectivity index (χ4n) is 3.52. The maximum Gasteiger partial charge on any atom is 0.426 e. The fourth-order valence-corrected chi connectivity index (χ4v) is 229. The Balaban J connectivity index is 2.65. The Morgan fingerprint density at radius 1 is 0.485 bits per heavy atom. The topological polar surface area (TPSA) is 392 Å². The molecule has 21 nitrogen and oxygen atoms in total. The zero-order chi connectivity index (χ0) is 26.3.